The van der Waals surface area contributed by atoms with E-state index in [0.29, 0.717) is 24.9 Å². The fourth-order valence-electron chi connectivity index (χ4n) is 3.81. The highest BCUT2D eigenvalue weighted by atomic mass is 32.1. The number of aromatic nitrogens is 1. The van der Waals surface area contributed by atoms with Crippen LogP contribution in [0.2, 0.25) is 0 Å². The lowest BCUT2D eigenvalue weighted by molar-refractivity contribution is -0.142. The molecule has 0 aliphatic carbocycles. The van der Waals surface area contributed by atoms with Crippen LogP contribution >= 0.6 is 12.6 Å². The van der Waals surface area contributed by atoms with E-state index in [1.165, 1.54) is 0 Å². The molecule has 0 aliphatic rings. The Bertz CT molecular complexity index is 1140. The number of amides is 4. The molecule has 0 saturated heterocycles. The predicted octanol–water partition coefficient (Wildman–Crippen LogP) is -1.49. The fourth-order valence-corrected chi connectivity index (χ4v) is 4.07. The number of fused-ring (bicyclic) bond motifs is 1. The maximum atomic E-state index is 13.0. The number of H-pyrrole nitrogens is 1. The second-order valence-electron chi connectivity index (χ2n) is 8.83. The number of hydrogen-bond acceptors (Lipinski definition) is 8. The number of rotatable bonds is 16. The zero-order valence-electron chi connectivity index (χ0n) is 20.8. The number of unbranched alkanes of at least 4 members (excludes halogenated alkanes) is 1. The van der Waals surface area contributed by atoms with Gasteiger partial charge in [0.05, 0.1) is 12.5 Å². The minimum Gasteiger partial charge on any atom is -0.480 e. The van der Waals surface area contributed by atoms with Crippen molar-refractivity contribution in [3.05, 3.63) is 36.0 Å². The summed E-state index contributed by atoms with van der Waals surface area (Å²) in [6.45, 7) is 0.373. The molecule has 14 heteroatoms. The number of primary amides is 1. The number of nitrogens with two attached hydrogens (primary N) is 3. The van der Waals surface area contributed by atoms with Gasteiger partial charge >= 0.3 is 5.97 Å². The number of aromatic amines is 1. The van der Waals surface area contributed by atoms with Crippen LogP contribution in [0.15, 0.2) is 30.5 Å². The summed E-state index contributed by atoms with van der Waals surface area (Å²) >= 11 is 4.13. The van der Waals surface area contributed by atoms with E-state index in [1.807, 2.05) is 24.3 Å². The van der Waals surface area contributed by atoms with E-state index in [4.69, 9.17) is 17.2 Å². The summed E-state index contributed by atoms with van der Waals surface area (Å²) < 4.78 is 0. The first-order valence-electron chi connectivity index (χ1n) is 12.1. The van der Waals surface area contributed by atoms with Gasteiger partial charge in [0.15, 0.2) is 0 Å². The number of nitrogens with one attached hydrogen (secondary N) is 4. The molecule has 1 aromatic carbocycles. The second-order valence-corrected chi connectivity index (χ2v) is 9.19. The molecule has 0 radical (unpaired) electrons. The Kier molecular flexibility index (Phi) is 12.0. The zero-order valence-corrected chi connectivity index (χ0v) is 21.7. The Balaban J connectivity index is 2.09. The molecule has 0 saturated carbocycles. The number of carboxylic acid groups (broad SMARTS) is 1. The molecule has 11 N–H and O–H groups in total. The molecule has 4 atom stereocenters. The minimum atomic E-state index is -1.27. The van der Waals surface area contributed by atoms with Crippen molar-refractivity contribution in [2.24, 2.45) is 17.2 Å². The number of aliphatic carboxylic acids is 1. The Labute approximate surface area is 225 Å². The van der Waals surface area contributed by atoms with Gasteiger partial charge in [0.2, 0.25) is 23.6 Å². The normalized spacial score (nSPS) is 14.2. The first-order chi connectivity index (χ1) is 18.1. The molecule has 0 fully saturated rings. The average Bonchev–Trinajstić information content (AvgIpc) is 3.28. The third-order valence-electron chi connectivity index (χ3n) is 5.87. The number of carboxylic acids is 1. The summed E-state index contributed by atoms with van der Waals surface area (Å²) in [6.07, 6.45) is 2.55. The van der Waals surface area contributed by atoms with Gasteiger partial charge in [-0.25, -0.2) is 4.79 Å². The van der Waals surface area contributed by atoms with E-state index in [9.17, 15) is 29.1 Å². The SMILES string of the molecule is NCCCCC(NC(=O)C(N)CC(N)=O)C(=O)NC(CS)C(=O)NC(Cc1c[nH]c2ccccc12)C(=O)O. The van der Waals surface area contributed by atoms with Crippen LogP contribution in [-0.4, -0.2) is 76.2 Å². The summed E-state index contributed by atoms with van der Waals surface area (Å²) in [7, 11) is 0. The van der Waals surface area contributed by atoms with Crippen LogP contribution in [0.25, 0.3) is 10.9 Å². The van der Waals surface area contributed by atoms with E-state index in [0.717, 1.165) is 10.9 Å². The van der Waals surface area contributed by atoms with Crippen molar-refractivity contribution >= 4 is 53.1 Å². The van der Waals surface area contributed by atoms with Gasteiger partial charge in [0.1, 0.15) is 18.1 Å². The van der Waals surface area contributed by atoms with Gasteiger partial charge in [0, 0.05) is 29.3 Å². The number of carbonyl (C=O) groups excluding carboxylic acids is 4. The first-order valence-corrected chi connectivity index (χ1v) is 12.7. The van der Waals surface area contributed by atoms with Crippen LogP contribution in [0.4, 0.5) is 0 Å². The largest absolute Gasteiger partial charge is 0.480 e. The quantitative estimate of drug-likeness (QED) is 0.0881. The Morgan fingerprint density at radius 1 is 0.947 bits per heavy atom. The molecule has 4 unspecified atom stereocenters. The van der Waals surface area contributed by atoms with Gasteiger partial charge in [0.25, 0.3) is 0 Å². The van der Waals surface area contributed by atoms with E-state index < -0.39 is 60.2 Å². The van der Waals surface area contributed by atoms with Gasteiger partial charge in [-0.15, -0.1) is 0 Å². The monoisotopic (exact) mass is 549 g/mol. The standard InChI is InChI=1S/C24H35N7O6S/c25-8-4-3-7-17(29-21(33)15(26)10-20(27)32)22(34)31-19(12-38)23(35)30-18(24(36)37)9-13-11-28-16-6-2-1-5-14(13)16/h1-2,5-6,11,15,17-19,28,38H,3-4,7-10,12,25-26H2,(H2,27,32)(H,29,33)(H,30,35)(H,31,34)(H,36,37). The summed E-state index contributed by atoms with van der Waals surface area (Å²) in [4.78, 5) is 64.3. The highest BCUT2D eigenvalue weighted by Gasteiger charge is 2.30. The van der Waals surface area contributed by atoms with Crippen LogP contribution < -0.4 is 33.2 Å². The number of para-hydroxylation sites is 1. The smallest absolute Gasteiger partial charge is 0.326 e. The highest BCUT2D eigenvalue weighted by Crippen LogP contribution is 2.19. The lowest BCUT2D eigenvalue weighted by Crippen LogP contribution is -2.58. The first kappa shape index (κ1) is 30.6. The van der Waals surface area contributed by atoms with E-state index in [1.54, 1.807) is 6.20 Å². The molecule has 2 aromatic rings. The summed E-state index contributed by atoms with van der Waals surface area (Å²) in [5, 5.41) is 18.0. The van der Waals surface area contributed by atoms with Crippen molar-refractivity contribution in [3.63, 3.8) is 0 Å². The van der Waals surface area contributed by atoms with E-state index in [-0.39, 0.29) is 18.6 Å². The maximum Gasteiger partial charge on any atom is 0.326 e. The maximum absolute atomic E-state index is 13.0. The number of hydrogen-bond donors (Lipinski definition) is 9. The summed E-state index contributed by atoms with van der Waals surface area (Å²) in [5.74, 6) is -4.36. The number of thiol groups is 1. The molecule has 1 heterocycles. The van der Waals surface area contributed by atoms with Crippen molar-refractivity contribution < 1.29 is 29.1 Å². The highest BCUT2D eigenvalue weighted by molar-refractivity contribution is 7.80. The molecule has 208 valence electrons. The molecule has 1 aromatic heterocycles. The van der Waals surface area contributed by atoms with Gasteiger partial charge in [-0.3, -0.25) is 19.2 Å². The van der Waals surface area contributed by atoms with Crippen molar-refractivity contribution in [3.8, 4) is 0 Å². The molecule has 2 rings (SSSR count). The van der Waals surface area contributed by atoms with E-state index in [2.05, 4.69) is 33.6 Å². The van der Waals surface area contributed by atoms with Crippen molar-refractivity contribution in [1.29, 1.82) is 0 Å². The van der Waals surface area contributed by atoms with Crippen LogP contribution in [0.3, 0.4) is 0 Å². The molecule has 13 nitrogen and oxygen atoms in total. The van der Waals surface area contributed by atoms with Crippen LogP contribution in [0.5, 0.6) is 0 Å². The van der Waals surface area contributed by atoms with Crippen LogP contribution in [0, 0.1) is 0 Å². The average molecular weight is 550 g/mol. The van der Waals surface area contributed by atoms with Gasteiger partial charge < -0.3 is 43.2 Å². The third kappa shape index (κ3) is 9.04. The molecule has 38 heavy (non-hydrogen) atoms. The Hall–Kier alpha value is -3.62. The third-order valence-corrected chi connectivity index (χ3v) is 6.23. The molecule has 0 aliphatic heterocycles. The summed E-state index contributed by atoms with van der Waals surface area (Å²) in [5.41, 5.74) is 17.8. The molecule has 0 bridgehead atoms. The van der Waals surface area contributed by atoms with Crippen LogP contribution in [-0.2, 0) is 30.4 Å². The van der Waals surface area contributed by atoms with Crippen molar-refractivity contribution in [1.82, 2.24) is 20.9 Å². The molecule has 4 amide bonds. The molecule has 0 spiro atoms. The lowest BCUT2D eigenvalue weighted by atomic mass is 10.0. The Morgan fingerprint density at radius 3 is 2.21 bits per heavy atom. The topological polar surface area (TPSA) is 236 Å². The lowest BCUT2D eigenvalue weighted by Gasteiger charge is -2.24. The van der Waals surface area contributed by atoms with Crippen molar-refractivity contribution in [2.45, 2.75) is 56.3 Å². The van der Waals surface area contributed by atoms with Gasteiger partial charge in [-0.1, -0.05) is 18.2 Å². The zero-order chi connectivity index (χ0) is 28.2. The fraction of sp³-hybridized carbons (Fsp3) is 0.458. The number of benzene rings is 1. The molecular formula is C24H35N7O6S. The minimum absolute atomic E-state index is 0.00778. The van der Waals surface area contributed by atoms with Crippen LogP contribution in [0.1, 0.15) is 31.2 Å². The van der Waals surface area contributed by atoms with Crippen molar-refractivity contribution in [2.75, 3.05) is 12.3 Å². The van der Waals surface area contributed by atoms with Gasteiger partial charge in [-0.2, -0.15) is 12.6 Å². The summed E-state index contributed by atoms with van der Waals surface area (Å²) in [6, 6.07) is 2.57. The number of carbonyl (C=O) groups is 5. The molecular weight excluding hydrogens is 514 g/mol. The second kappa shape index (κ2) is 15.0. The van der Waals surface area contributed by atoms with Gasteiger partial charge in [-0.05, 0) is 37.4 Å². The predicted molar refractivity (Wildman–Crippen MR) is 144 cm³/mol. The Morgan fingerprint density at radius 2 is 1.58 bits per heavy atom. The van der Waals surface area contributed by atoms with E-state index >= 15 is 0 Å².